The number of carbonyl (C=O) groups is 2. The number of rotatable bonds is 5. The third-order valence-corrected chi connectivity index (χ3v) is 3.91. The van der Waals surface area contributed by atoms with E-state index in [0.717, 1.165) is 18.5 Å². The Labute approximate surface area is 118 Å². The highest BCUT2D eigenvalue weighted by Crippen LogP contribution is 2.16. The number of carboxylic acid groups (broad SMARTS) is 1. The van der Waals surface area contributed by atoms with Crippen molar-refractivity contribution in [3.05, 3.63) is 35.4 Å². The Morgan fingerprint density at radius 3 is 2.75 bits per heavy atom. The molecule has 5 heteroatoms. The third-order valence-electron chi connectivity index (χ3n) is 3.91. The molecule has 1 saturated heterocycles. The molecule has 2 rings (SSSR count). The van der Waals surface area contributed by atoms with E-state index >= 15 is 0 Å². The molecule has 0 aliphatic carbocycles. The quantitative estimate of drug-likeness (QED) is 0.874. The number of hydrogen-bond acceptors (Lipinski definition) is 3. The van der Waals surface area contributed by atoms with E-state index in [0.29, 0.717) is 18.5 Å². The first-order valence-electron chi connectivity index (χ1n) is 6.77. The van der Waals surface area contributed by atoms with Gasteiger partial charge in [-0.05, 0) is 31.5 Å². The number of aromatic carboxylic acids is 1. The van der Waals surface area contributed by atoms with Gasteiger partial charge in [-0.3, -0.25) is 9.69 Å². The Morgan fingerprint density at radius 2 is 2.15 bits per heavy atom. The van der Waals surface area contributed by atoms with Crippen LogP contribution >= 0.6 is 0 Å². The van der Waals surface area contributed by atoms with Crippen molar-refractivity contribution in [3.63, 3.8) is 0 Å². The number of hydrogen-bond donors (Lipinski definition) is 1. The molecule has 0 saturated carbocycles. The summed E-state index contributed by atoms with van der Waals surface area (Å²) in [5.41, 5.74) is 1.15. The van der Waals surface area contributed by atoms with E-state index in [1.165, 1.54) is 0 Å². The van der Waals surface area contributed by atoms with Gasteiger partial charge in [0.2, 0.25) is 5.91 Å². The second-order valence-corrected chi connectivity index (χ2v) is 5.26. The first kappa shape index (κ1) is 14.5. The Balaban J connectivity index is 1.99. The lowest BCUT2D eigenvalue weighted by molar-refractivity contribution is -0.130. The highest BCUT2D eigenvalue weighted by atomic mass is 16.4. The van der Waals surface area contributed by atoms with Gasteiger partial charge in [0.25, 0.3) is 0 Å². The zero-order chi connectivity index (χ0) is 14.7. The van der Waals surface area contributed by atoms with E-state index in [1.807, 2.05) is 31.1 Å². The van der Waals surface area contributed by atoms with Crippen molar-refractivity contribution in [1.82, 2.24) is 9.80 Å². The fraction of sp³-hybridized carbons (Fsp3) is 0.467. The Morgan fingerprint density at radius 1 is 1.45 bits per heavy atom. The van der Waals surface area contributed by atoms with Gasteiger partial charge in [-0.1, -0.05) is 18.2 Å². The molecular weight excluding hydrogens is 256 g/mol. The zero-order valence-corrected chi connectivity index (χ0v) is 11.9. The van der Waals surface area contributed by atoms with Crippen molar-refractivity contribution in [2.24, 2.45) is 0 Å². The predicted octanol–water partition coefficient (Wildman–Crippen LogP) is 1.09. The molecule has 20 heavy (non-hydrogen) atoms. The Bertz CT molecular complexity index is 516. The summed E-state index contributed by atoms with van der Waals surface area (Å²) in [5.74, 6) is -0.751. The summed E-state index contributed by atoms with van der Waals surface area (Å²) in [6.07, 6.45) is 1.47. The highest BCUT2D eigenvalue weighted by Gasteiger charge is 2.31. The SMILES string of the molecule is CN1CCC(N(C)CCc2ccccc2C(=O)O)C1=O. The fourth-order valence-electron chi connectivity index (χ4n) is 2.61. The average Bonchev–Trinajstić information content (AvgIpc) is 2.76. The second-order valence-electron chi connectivity index (χ2n) is 5.26. The summed E-state index contributed by atoms with van der Waals surface area (Å²) >= 11 is 0. The minimum absolute atomic E-state index is 0.0722. The molecule has 1 fully saturated rings. The number of benzene rings is 1. The molecule has 1 atom stereocenters. The highest BCUT2D eigenvalue weighted by molar-refractivity contribution is 5.89. The van der Waals surface area contributed by atoms with Gasteiger partial charge >= 0.3 is 5.97 Å². The summed E-state index contributed by atoms with van der Waals surface area (Å²) < 4.78 is 0. The van der Waals surface area contributed by atoms with Gasteiger partial charge in [-0.25, -0.2) is 4.79 Å². The summed E-state index contributed by atoms with van der Waals surface area (Å²) in [4.78, 5) is 26.8. The van der Waals surface area contributed by atoms with E-state index in [2.05, 4.69) is 0 Å². The first-order chi connectivity index (χ1) is 9.50. The lowest BCUT2D eigenvalue weighted by atomic mass is 10.0. The van der Waals surface area contributed by atoms with Crippen molar-refractivity contribution < 1.29 is 14.7 Å². The number of nitrogens with zero attached hydrogens (tertiary/aromatic N) is 2. The van der Waals surface area contributed by atoms with Crippen LogP contribution in [0.3, 0.4) is 0 Å². The largest absolute Gasteiger partial charge is 0.478 e. The standard InChI is InChI=1S/C15H20N2O3/c1-16(13-8-10-17(2)14(13)18)9-7-11-5-3-4-6-12(11)15(19)20/h3-6,13H,7-10H2,1-2H3,(H,19,20). The molecule has 1 N–H and O–H groups in total. The summed E-state index contributed by atoms with van der Waals surface area (Å²) in [7, 11) is 3.74. The number of carbonyl (C=O) groups excluding carboxylic acids is 1. The van der Waals surface area contributed by atoms with Crippen LogP contribution in [0.5, 0.6) is 0 Å². The van der Waals surface area contributed by atoms with Gasteiger partial charge in [0.15, 0.2) is 0 Å². The molecule has 1 aliphatic heterocycles. The van der Waals surface area contributed by atoms with Crippen molar-refractivity contribution in [1.29, 1.82) is 0 Å². The Kier molecular flexibility index (Phi) is 4.39. The summed E-state index contributed by atoms with van der Waals surface area (Å²) in [5, 5.41) is 9.14. The van der Waals surface area contributed by atoms with Gasteiger partial charge in [-0.15, -0.1) is 0 Å². The molecule has 1 heterocycles. The van der Waals surface area contributed by atoms with Crippen LogP contribution in [0.4, 0.5) is 0 Å². The van der Waals surface area contributed by atoms with Crippen LogP contribution in [-0.4, -0.2) is 60.0 Å². The molecule has 108 valence electrons. The molecular formula is C15H20N2O3. The average molecular weight is 276 g/mol. The first-order valence-corrected chi connectivity index (χ1v) is 6.77. The molecule has 0 aromatic heterocycles. The van der Waals surface area contributed by atoms with Crippen LogP contribution in [0.25, 0.3) is 0 Å². The molecule has 1 unspecified atom stereocenters. The zero-order valence-electron chi connectivity index (χ0n) is 11.9. The topological polar surface area (TPSA) is 60.9 Å². The molecule has 0 radical (unpaired) electrons. The van der Waals surface area contributed by atoms with E-state index in [-0.39, 0.29) is 11.9 Å². The van der Waals surface area contributed by atoms with Crippen LogP contribution in [0.2, 0.25) is 0 Å². The van der Waals surface area contributed by atoms with E-state index in [1.54, 1.807) is 17.0 Å². The maximum absolute atomic E-state index is 11.9. The predicted molar refractivity (Wildman–Crippen MR) is 75.8 cm³/mol. The number of carboxylic acids is 1. The van der Waals surface area contributed by atoms with E-state index < -0.39 is 5.97 Å². The van der Waals surface area contributed by atoms with Crippen molar-refractivity contribution in [2.75, 3.05) is 27.2 Å². The van der Waals surface area contributed by atoms with Crippen LogP contribution < -0.4 is 0 Å². The van der Waals surface area contributed by atoms with Crippen molar-refractivity contribution >= 4 is 11.9 Å². The molecule has 1 aromatic rings. The second kappa shape index (κ2) is 6.05. The van der Waals surface area contributed by atoms with E-state index in [4.69, 9.17) is 5.11 Å². The van der Waals surface area contributed by atoms with Gasteiger partial charge < -0.3 is 10.0 Å². The number of likely N-dealkylation sites (tertiary alicyclic amines) is 1. The molecule has 0 bridgehead atoms. The monoisotopic (exact) mass is 276 g/mol. The van der Waals surface area contributed by atoms with Gasteiger partial charge in [0.05, 0.1) is 11.6 Å². The minimum Gasteiger partial charge on any atom is -0.478 e. The smallest absolute Gasteiger partial charge is 0.335 e. The van der Waals surface area contributed by atoms with Crippen LogP contribution in [-0.2, 0) is 11.2 Å². The molecule has 5 nitrogen and oxygen atoms in total. The lowest BCUT2D eigenvalue weighted by Gasteiger charge is -2.23. The fourth-order valence-corrected chi connectivity index (χ4v) is 2.61. The molecule has 1 aromatic carbocycles. The normalized spacial score (nSPS) is 18.9. The molecule has 0 spiro atoms. The third kappa shape index (κ3) is 2.99. The van der Waals surface area contributed by atoms with Gasteiger partial charge in [0, 0.05) is 20.1 Å². The minimum atomic E-state index is -0.903. The van der Waals surface area contributed by atoms with Crippen LogP contribution in [0, 0.1) is 0 Å². The summed E-state index contributed by atoms with van der Waals surface area (Å²) in [6.45, 7) is 1.47. The lowest BCUT2D eigenvalue weighted by Crippen LogP contribution is -2.39. The van der Waals surface area contributed by atoms with Crippen LogP contribution in [0.15, 0.2) is 24.3 Å². The van der Waals surface area contributed by atoms with Crippen LogP contribution in [0.1, 0.15) is 22.3 Å². The van der Waals surface area contributed by atoms with Gasteiger partial charge in [-0.2, -0.15) is 0 Å². The number of amides is 1. The maximum Gasteiger partial charge on any atom is 0.335 e. The van der Waals surface area contributed by atoms with E-state index in [9.17, 15) is 9.59 Å². The molecule has 1 aliphatic rings. The van der Waals surface area contributed by atoms with Crippen molar-refractivity contribution in [2.45, 2.75) is 18.9 Å². The van der Waals surface area contributed by atoms with Crippen molar-refractivity contribution in [3.8, 4) is 0 Å². The Hall–Kier alpha value is -1.88. The number of likely N-dealkylation sites (N-methyl/N-ethyl adjacent to an activating group) is 2. The van der Waals surface area contributed by atoms with Gasteiger partial charge in [0.1, 0.15) is 0 Å². The summed E-state index contributed by atoms with van der Waals surface area (Å²) in [6, 6.07) is 6.95. The molecule has 1 amide bonds. The maximum atomic E-state index is 11.9.